The van der Waals surface area contributed by atoms with E-state index in [1.807, 2.05) is 36.4 Å². The third-order valence-corrected chi connectivity index (χ3v) is 5.66. The molecular weight excluding hydrogens is 356 g/mol. The summed E-state index contributed by atoms with van der Waals surface area (Å²) in [6.07, 6.45) is 1.61. The number of carbonyl (C=O) groups is 1. The normalized spacial score (nSPS) is 17.4. The van der Waals surface area contributed by atoms with Gasteiger partial charge < -0.3 is 10.6 Å². The molecule has 1 aliphatic rings. The first-order valence-electron chi connectivity index (χ1n) is 9.90. The molecule has 0 saturated carbocycles. The first-order chi connectivity index (χ1) is 13.0. The maximum absolute atomic E-state index is 12.9. The van der Waals surface area contributed by atoms with Crippen LogP contribution in [0.4, 0.5) is 0 Å². The van der Waals surface area contributed by atoms with Gasteiger partial charge in [0.1, 0.15) is 0 Å². The zero-order chi connectivity index (χ0) is 19.9. The van der Waals surface area contributed by atoms with Crippen molar-refractivity contribution in [1.29, 1.82) is 0 Å². The summed E-state index contributed by atoms with van der Waals surface area (Å²) in [4.78, 5) is 12.9. The maximum atomic E-state index is 12.9. The van der Waals surface area contributed by atoms with Crippen LogP contribution < -0.4 is 10.6 Å². The highest BCUT2D eigenvalue weighted by Crippen LogP contribution is 2.42. The van der Waals surface area contributed by atoms with Gasteiger partial charge in [0.25, 0.3) is 0 Å². The van der Waals surface area contributed by atoms with Gasteiger partial charge in [-0.3, -0.25) is 4.79 Å². The van der Waals surface area contributed by atoms with Crippen LogP contribution in [-0.4, -0.2) is 19.0 Å². The molecule has 0 saturated heterocycles. The number of amides is 1. The minimum Gasteiger partial charge on any atom is -0.344 e. The predicted molar refractivity (Wildman–Crippen MR) is 114 cm³/mol. The standard InChI is InChI=1S/C19H20ClNO.C4H11N/c1-3-19(4-2)16-8-6-5-7-15(16)17(21-18(19)22)13-9-11-14(20)12-10-13;1-3-5-4-2/h5-12,17H,3-4H2,1-2H3,(H,21,22);5H,3-4H2,1-2H3. The van der Waals surface area contributed by atoms with Gasteiger partial charge in [0.2, 0.25) is 5.91 Å². The van der Waals surface area contributed by atoms with Crippen molar-refractivity contribution in [3.63, 3.8) is 0 Å². The molecule has 0 aromatic heterocycles. The lowest BCUT2D eigenvalue weighted by atomic mass is 9.69. The molecule has 146 valence electrons. The van der Waals surface area contributed by atoms with E-state index in [4.69, 9.17) is 11.6 Å². The fourth-order valence-electron chi connectivity index (χ4n) is 3.77. The first-order valence-corrected chi connectivity index (χ1v) is 10.3. The number of nitrogens with one attached hydrogen (secondary N) is 2. The maximum Gasteiger partial charge on any atom is 0.231 e. The Kier molecular flexibility index (Phi) is 7.88. The smallest absolute Gasteiger partial charge is 0.231 e. The number of carbonyl (C=O) groups excluding carboxylic acids is 1. The number of halogens is 1. The zero-order valence-electron chi connectivity index (χ0n) is 16.8. The van der Waals surface area contributed by atoms with Crippen molar-refractivity contribution in [2.45, 2.75) is 52.0 Å². The lowest BCUT2D eigenvalue weighted by Gasteiger charge is -2.40. The summed E-state index contributed by atoms with van der Waals surface area (Å²) >= 11 is 5.98. The van der Waals surface area contributed by atoms with E-state index in [2.05, 4.69) is 50.5 Å². The molecule has 1 heterocycles. The van der Waals surface area contributed by atoms with Crippen LogP contribution in [0.3, 0.4) is 0 Å². The summed E-state index contributed by atoms with van der Waals surface area (Å²) in [5.74, 6) is 0.121. The summed E-state index contributed by atoms with van der Waals surface area (Å²) in [7, 11) is 0. The van der Waals surface area contributed by atoms with E-state index in [9.17, 15) is 4.79 Å². The molecule has 0 aliphatic carbocycles. The Bertz CT molecular complexity index is 736. The Labute approximate surface area is 168 Å². The minimum atomic E-state index is -0.417. The molecule has 2 aromatic carbocycles. The molecule has 1 amide bonds. The van der Waals surface area contributed by atoms with E-state index in [1.165, 1.54) is 5.56 Å². The third kappa shape index (κ3) is 4.53. The van der Waals surface area contributed by atoms with E-state index < -0.39 is 5.41 Å². The molecule has 0 fully saturated rings. The van der Waals surface area contributed by atoms with Crippen LogP contribution in [0.1, 0.15) is 63.3 Å². The molecule has 27 heavy (non-hydrogen) atoms. The Morgan fingerprint density at radius 2 is 1.56 bits per heavy atom. The molecule has 0 spiro atoms. The second-order valence-electron chi connectivity index (χ2n) is 6.79. The van der Waals surface area contributed by atoms with Crippen LogP contribution in [0, 0.1) is 0 Å². The number of benzene rings is 2. The van der Waals surface area contributed by atoms with Crippen molar-refractivity contribution in [3.05, 3.63) is 70.2 Å². The predicted octanol–water partition coefficient (Wildman–Crippen LogP) is 5.23. The molecule has 3 rings (SSSR count). The zero-order valence-corrected chi connectivity index (χ0v) is 17.6. The van der Waals surface area contributed by atoms with E-state index in [0.717, 1.165) is 37.1 Å². The average Bonchev–Trinajstić information content (AvgIpc) is 2.70. The summed E-state index contributed by atoms with van der Waals surface area (Å²) in [5, 5.41) is 7.03. The molecule has 0 bridgehead atoms. The lowest BCUT2D eigenvalue weighted by molar-refractivity contribution is -0.128. The highest BCUT2D eigenvalue weighted by molar-refractivity contribution is 6.30. The van der Waals surface area contributed by atoms with Gasteiger partial charge in [0.15, 0.2) is 0 Å². The number of hydrogen-bond donors (Lipinski definition) is 2. The van der Waals surface area contributed by atoms with Crippen LogP contribution >= 0.6 is 11.6 Å². The van der Waals surface area contributed by atoms with Gasteiger partial charge in [-0.15, -0.1) is 0 Å². The quantitative estimate of drug-likeness (QED) is 0.738. The molecule has 4 heteroatoms. The molecule has 3 nitrogen and oxygen atoms in total. The highest BCUT2D eigenvalue weighted by Gasteiger charge is 2.44. The summed E-state index contributed by atoms with van der Waals surface area (Å²) in [6.45, 7) is 10.6. The van der Waals surface area contributed by atoms with E-state index in [-0.39, 0.29) is 11.9 Å². The van der Waals surface area contributed by atoms with Crippen molar-refractivity contribution in [3.8, 4) is 0 Å². The van der Waals surface area contributed by atoms with Crippen LogP contribution in [-0.2, 0) is 10.2 Å². The van der Waals surface area contributed by atoms with Gasteiger partial charge in [-0.05, 0) is 54.8 Å². The van der Waals surface area contributed by atoms with Gasteiger partial charge in [-0.1, -0.05) is 75.7 Å². The van der Waals surface area contributed by atoms with E-state index >= 15 is 0 Å². The van der Waals surface area contributed by atoms with Gasteiger partial charge in [0.05, 0.1) is 11.5 Å². The van der Waals surface area contributed by atoms with Crippen LogP contribution in [0.5, 0.6) is 0 Å². The first kappa shape index (κ1) is 21.5. The monoisotopic (exact) mass is 386 g/mol. The van der Waals surface area contributed by atoms with Gasteiger partial charge >= 0.3 is 0 Å². The van der Waals surface area contributed by atoms with E-state index in [1.54, 1.807) is 0 Å². The van der Waals surface area contributed by atoms with Crippen LogP contribution in [0.2, 0.25) is 5.02 Å². The van der Waals surface area contributed by atoms with Crippen molar-refractivity contribution in [1.82, 2.24) is 10.6 Å². The second kappa shape index (κ2) is 9.91. The van der Waals surface area contributed by atoms with Crippen LogP contribution in [0.15, 0.2) is 48.5 Å². The fourth-order valence-corrected chi connectivity index (χ4v) is 3.90. The summed E-state index contributed by atoms with van der Waals surface area (Å²) < 4.78 is 0. The third-order valence-electron chi connectivity index (χ3n) is 5.41. The molecule has 0 radical (unpaired) electrons. The molecule has 2 aromatic rings. The summed E-state index contributed by atoms with van der Waals surface area (Å²) in [5.41, 5.74) is 2.99. The topological polar surface area (TPSA) is 41.1 Å². The lowest BCUT2D eigenvalue weighted by Crippen LogP contribution is -2.50. The average molecular weight is 387 g/mol. The fraction of sp³-hybridized carbons (Fsp3) is 0.435. The van der Waals surface area contributed by atoms with Gasteiger partial charge in [0, 0.05) is 5.02 Å². The molecule has 1 unspecified atom stereocenters. The Hall–Kier alpha value is -1.84. The number of hydrogen-bond acceptors (Lipinski definition) is 2. The van der Waals surface area contributed by atoms with E-state index in [0.29, 0.717) is 5.02 Å². The summed E-state index contributed by atoms with van der Waals surface area (Å²) in [6, 6.07) is 15.9. The van der Waals surface area contributed by atoms with Crippen molar-refractivity contribution in [2.75, 3.05) is 13.1 Å². The van der Waals surface area contributed by atoms with Crippen molar-refractivity contribution >= 4 is 17.5 Å². The van der Waals surface area contributed by atoms with Gasteiger partial charge in [-0.2, -0.15) is 0 Å². The number of fused-ring (bicyclic) bond motifs is 1. The molecule has 1 aliphatic heterocycles. The van der Waals surface area contributed by atoms with Crippen molar-refractivity contribution < 1.29 is 4.79 Å². The van der Waals surface area contributed by atoms with Gasteiger partial charge in [-0.25, -0.2) is 0 Å². The minimum absolute atomic E-state index is 0.104. The Morgan fingerprint density at radius 3 is 2.07 bits per heavy atom. The molecule has 2 N–H and O–H groups in total. The molecule has 1 atom stereocenters. The Morgan fingerprint density at radius 1 is 0.963 bits per heavy atom. The second-order valence-corrected chi connectivity index (χ2v) is 7.23. The largest absolute Gasteiger partial charge is 0.344 e. The number of rotatable bonds is 5. The molecular formula is C23H31ClN2O. The Balaban J connectivity index is 0.000000465. The highest BCUT2D eigenvalue weighted by atomic mass is 35.5. The SMILES string of the molecule is CCC1(CC)C(=O)NC(c2ccc(Cl)cc2)c2ccccc21.CCNCC. The van der Waals surface area contributed by atoms with Crippen LogP contribution in [0.25, 0.3) is 0 Å². The van der Waals surface area contributed by atoms with Crippen molar-refractivity contribution in [2.24, 2.45) is 0 Å².